The smallest absolute Gasteiger partial charge is 0.246 e. The van der Waals surface area contributed by atoms with Gasteiger partial charge >= 0.3 is 0 Å². The van der Waals surface area contributed by atoms with E-state index < -0.39 is 84.2 Å². The van der Waals surface area contributed by atoms with Crippen LogP contribution >= 0.6 is 11.8 Å². The average molecular weight is 814 g/mol. The molecule has 14 nitrogen and oxygen atoms in total. The van der Waals surface area contributed by atoms with Gasteiger partial charge in [0.15, 0.2) is 0 Å². The van der Waals surface area contributed by atoms with Gasteiger partial charge in [-0.3, -0.25) is 33.6 Å². The largest absolute Gasteiger partial charge is 0.352 e. The molecule has 318 valence electrons. The Balaban J connectivity index is 2.20. The van der Waals surface area contributed by atoms with Crippen molar-refractivity contribution in [1.29, 1.82) is 0 Å². The molecule has 0 spiro atoms. The lowest BCUT2D eigenvalue weighted by molar-refractivity contribution is -0.151. The number of nitrogens with zero attached hydrogens (tertiary/aromatic N) is 1. The summed E-state index contributed by atoms with van der Waals surface area (Å²) < 4.78 is 0. The van der Waals surface area contributed by atoms with Gasteiger partial charge in [0.1, 0.15) is 36.3 Å². The zero-order valence-corrected chi connectivity index (χ0v) is 36.0. The Morgan fingerprint density at radius 2 is 1.42 bits per heavy atom. The molecule has 1 saturated heterocycles. The van der Waals surface area contributed by atoms with Gasteiger partial charge in [-0.1, -0.05) is 91.1 Å². The maximum atomic E-state index is 15.1. The summed E-state index contributed by atoms with van der Waals surface area (Å²) in [7, 11) is 0. The minimum Gasteiger partial charge on any atom is -0.352 e. The van der Waals surface area contributed by atoms with Crippen molar-refractivity contribution in [2.75, 3.05) is 18.6 Å². The van der Waals surface area contributed by atoms with E-state index >= 15 is 4.79 Å². The summed E-state index contributed by atoms with van der Waals surface area (Å²) in [6, 6.07) is 2.20. The first-order valence-corrected chi connectivity index (χ1v) is 22.0. The average Bonchev–Trinajstić information content (AvgIpc) is 3.16. The van der Waals surface area contributed by atoms with Crippen molar-refractivity contribution in [1.82, 2.24) is 36.8 Å². The molecule has 6 atom stereocenters. The molecule has 1 aromatic rings. The second-order valence-corrected chi connectivity index (χ2v) is 17.7. The highest BCUT2D eigenvalue weighted by atomic mass is 32.2. The van der Waals surface area contributed by atoms with Crippen LogP contribution in [0.2, 0.25) is 0 Å². The predicted molar refractivity (Wildman–Crippen MR) is 223 cm³/mol. The van der Waals surface area contributed by atoms with Crippen molar-refractivity contribution in [2.24, 2.45) is 17.8 Å². The Morgan fingerprint density at radius 1 is 0.789 bits per heavy atom. The molecule has 3 rings (SSSR count). The van der Waals surface area contributed by atoms with Crippen molar-refractivity contribution in [3.8, 4) is 0 Å². The third kappa shape index (κ3) is 15.0. The summed E-state index contributed by atoms with van der Waals surface area (Å²) in [6.07, 6.45) is 7.25. The predicted octanol–water partition coefficient (Wildman–Crippen LogP) is 2.83. The van der Waals surface area contributed by atoms with E-state index in [1.807, 2.05) is 64.3 Å². The summed E-state index contributed by atoms with van der Waals surface area (Å²) in [5, 5.41) is 17.0. The van der Waals surface area contributed by atoms with E-state index in [0.29, 0.717) is 5.75 Å². The fourth-order valence-electron chi connectivity index (χ4n) is 7.39. The quantitative estimate of drug-likeness (QED) is 0.175. The van der Waals surface area contributed by atoms with Gasteiger partial charge in [0.05, 0.1) is 6.54 Å². The number of hydrogen-bond acceptors (Lipinski definition) is 8. The maximum Gasteiger partial charge on any atom is 0.246 e. The van der Waals surface area contributed by atoms with Crippen LogP contribution in [0.15, 0.2) is 30.3 Å². The van der Waals surface area contributed by atoms with Crippen molar-refractivity contribution in [2.45, 2.75) is 149 Å². The lowest BCUT2D eigenvalue weighted by Gasteiger charge is -2.39. The standard InChI is InChI=1S/C42H67N7O7S/c1-25(2)21-32-38(52)46-31(19-20-57-8)42(56)49(34(22-26(3)4)40(54)44-30-17-13-10-14-18-30)28(7)37(51)47-33(23-29-15-11-9-12-16-29)39(53)48-36(27(5)6)41(55)43-24-35(50)45-32/h9,11-12,15-16,25-28,30-34,36H,10,13-14,17-24H2,1-8H3,(H,43,55)(H,44,54)(H,45,50)(H,46,52)(H,47,51)(H,48,53)/t28-,31-,32-,33-,34?,36-/m0/s1. The van der Waals surface area contributed by atoms with E-state index in [1.165, 1.54) is 23.6 Å². The van der Waals surface area contributed by atoms with Gasteiger partial charge in [0.25, 0.3) is 0 Å². The van der Waals surface area contributed by atoms with Crippen LogP contribution in [-0.2, 0) is 40.0 Å². The maximum absolute atomic E-state index is 15.1. The molecule has 57 heavy (non-hydrogen) atoms. The molecule has 2 aliphatic rings. The van der Waals surface area contributed by atoms with Gasteiger partial charge in [-0.2, -0.15) is 11.8 Å². The highest BCUT2D eigenvalue weighted by Crippen LogP contribution is 2.23. The summed E-state index contributed by atoms with van der Waals surface area (Å²) in [6.45, 7) is 12.2. The monoisotopic (exact) mass is 813 g/mol. The van der Waals surface area contributed by atoms with Crippen LogP contribution in [-0.4, -0.2) is 107 Å². The number of amides is 7. The molecule has 1 heterocycles. The van der Waals surface area contributed by atoms with Gasteiger partial charge < -0.3 is 36.8 Å². The molecule has 7 amide bonds. The summed E-state index contributed by atoms with van der Waals surface area (Å²) >= 11 is 1.47. The Hall–Kier alpha value is -4.14. The van der Waals surface area contributed by atoms with Crippen LogP contribution in [0.1, 0.15) is 105 Å². The van der Waals surface area contributed by atoms with Crippen molar-refractivity contribution in [3.63, 3.8) is 0 Å². The van der Waals surface area contributed by atoms with Crippen LogP contribution in [0.5, 0.6) is 0 Å². The Morgan fingerprint density at radius 3 is 2.02 bits per heavy atom. The van der Waals surface area contributed by atoms with E-state index in [9.17, 15) is 28.8 Å². The number of nitrogens with one attached hydrogen (secondary N) is 6. The summed E-state index contributed by atoms with van der Waals surface area (Å²) in [4.78, 5) is 100. The first kappa shape index (κ1) is 47.2. The molecule has 1 saturated carbocycles. The van der Waals surface area contributed by atoms with Crippen molar-refractivity contribution >= 4 is 53.1 Å². The van der Waals surface area contributed by atoms with E-state index in [4.69, 9.17) is 0 Å². The number of benzene rings is 1. The second kappa shape index (κ2) is 23.3. The van der Waals surface area contributed by atoms with Gasteiger partial charge in [0, 0.05) is 12.5 Å². The Bertz CT molecular complexity index is 1520. The molecular weight excluding hydrogens is 747 g/mol. The first-order valence-electron chi connectivity index (χ1n) is 20.7. The molecular formula is C42H67N7O7S. The number of carbonyl (C=O) groups excluding carboxylic acids is 7. The van der Waals surface area contributed by atoms with Crippen molar-refractivity contribution in [3.05, 3.63) is 35.9 Å². The van der Waals surface area contributed by atoms with Crippen LogP contribution < -0.4 is 31.9 Å². The van der Waals surface area contributed by atoms with Gasteiger partial charge in [-0.15, -0.1) is 0 Å². The van der Waals surface area contributed by atoms with Crippen LogP contribution in [0.3, 0.4) is 0 Å². The number of rotatable bonds is 13. The minimum absolute atomic E-state index is 0.0302. The lowest BCUT2D eigenvalue weighted by atomic mass is 9.93. The van der Waals surface area contributed by atoms with Gasteiger partial charge in [0.2, 0.25) is 41.4 Å². The molecule has 1 aliphatic carbocycles. The zero-order valence-electron chi connectivity index (χ0n) is 35.2. The van der Waals surface area contributed by atoms with Crippen LogP contribution in [0.25, 0.3) is 0 Å². The molecule has 1 aliphatic heterocycles. The molecule has 6 N–H and O–H groups in total. The SMILES string of the molecule is CSCC[C@@H]1NC(=O)[C@H](CC(C)C)NC(=O)CNC(=O)[C@H](C(C)C)NC(=O)[C@H](Cc2ccccc2)NC(=O)[C@H](C)N(C(CC(C)C)C(=O)NC2CCCCC2)C1=O. The fraction of sp³-hybridized carbons (Fsp3) is 0.690. The van der Waals surface area contributed by atoms with E-state index in [0.717, 1.165) is 37.7 Å². The second-order valence-electron chi connectivity index (χ2n) is 16.7. The molecule has 0 radical (unpaired) electrons. The highest BCUT2D eigenvalue weighted by Gasteiger charge is 2.42. The lowest BCUT2D eigenvalue weighted by Crippen LogP contribution is -2.65. The molecule has 1 aromatic carbocycles. The highest BCUT2D eigenvalue weighted by molar-refractivity contribution is 7.98. The van der Waals surface area contributed by atoms with Crippen molar-refractivity contribution < 1.29 is 33.6 Å². The normalized spacial score (nSPS) is 24.5. The Kier molecular flexibility index (Phi) is 19.3. The molecule has 1 unspecified atom stereocenters. The topological polar surface area (TPSA) is 195 Å². The first-order chi connectivity index (χ1) is 27.0. The van der Waals surface area contributed by atoms with E-state index in [1.54, 1.807) is 13.8 Å². The third-order valence-electron chi connectivity index (χ3n) is 10.5. The zero-order chi connectivity index (χ0) is 42.2. The Labute approximate surface area is 343 Å². The van der Waals surface area contributed by atoms with Crippen LogP contribution in [0.4, 0.5) is 0 Å². The third-order valence-corrected chi connectivity index (χ3v) is 11.1. The molecule has 15 heteroatoms. The summed E-state index contributed by atoms with van der Waals surface area (Å²) in [5.41, 5.74) is 0.739. The van der Waals surface area contributed by atoms with E-state index in [2.05, 4.69) is 31.9 Å². The van der Waals surface area contributed by atoms with E-state index in [-0.39, 0.29) is 49.5 Å². The summed E-state index contributed by atoms with van der Waals surface area (Å²) in [5.74, 6) is -4.15. The fourth-order valence-corrected chi connectivity index (χ4v) is 7.86. The van der Waals surface area contributed by atoms with Gasteiger partial charge in [-0.25, -0.2) is 0 Å². The molecule has 2 fully saturated rings. The minimum atomic E-state index is -1.27. The molecule has 0 aromatic heterocycles. The van der Waals surface area contributed by atoms with Gasteiger partial charge in [-0.05, 0) is 74.4 Å². The van der Waals surface area contributed by atoms with Crippen LogP contribution in [0, 0.1) is 17.8 Å². The number of thioether (sulfide) groups is 1. The number of hydrogen-bond donors (Lipinski definition) is 6. The number of carbonyl (C=O) groups is 7. The molecule has 0 bridgehead atoms.